The Morgan fingerprint density at radius 2 is 1.54 bits per heavy atom. The number of hydrogen-bond acceptors (Lipinski definition) is 6. The molecule has 3 aromatic carbocycles. The first-order chi connectivity index (χ1) is 18.8. The van der Waals surface area contributed by atoms with Gasteiger partial charge in [0.05, 0.1) is 14.2 Å². The quantitative estimate of drug-likeness (QED) is 0.357. The van der Waals surface area contributed by atoms with Crippen molar-refractivity contribution < 1.29 is 33.7 Å². The highest BCUT2D eigenvalue weighted by molar-refractivity contribution is 5.85. The molecule has 4 rings (SSSR count). The molecule has 204 valence electrons. The van der Waals surface area contributed by atoms with Crippen LogP contribution in [0.25, 0.3) is 11.1 Å². The van der Waals surface area contributed by atoms with Crippen molar-refractivity contribution in [2.75, 3.05) is 27.4 Å². The van der Waals surface area contributed by atoms with Crippen molar-refractivity contribution in [1.82, 2.24) is 4.90 Å². The summed E-state index contributed by atoms with van der Waals surface area (Å²) in [5.74, 6) is -0.961. The predicted octanol–water partition coefficient (Wildman–Crippen LogP) is 4.22. The van der Waals surface area contributed by atoms with Gasteiger partial charge in [-0.3, -0.25) is 14.5 Å². The number of amides is 2. The number of nitrogens with two attached hydrogens (primary N) is 1. The number of rotatable bonds is 12. The second-order valence-electron chi connectivity index (χ2n) is 9.29. The monoisotopic (exact) mass is 532 g/mol. The van der Waals surface area contributed by atoms with Crippen LogP contribution in [0.5, 0.6) is 11.5 Å². The predicted molar refractivity (Wildman–Crippen MR) is 145 cm³/mol. The number of carboxylic acid groups (broad SMARTS) is 1. The summed E-state index contributed by atoms with van der Waals surface area (Å²) in [5, 5.41) is 9.20. The zero-order valence-corrected chi connectivity index (χ0v) is 22.0. The third-order valence-electron chi connectivity index (χ3n) is 7.00. The molecule has 0 saturated heterocycles. The van der Waals surface area contributed by atoms with E-state index in [9.17, 15) is 19.5 Å². The number of methoxy groups -OCH3 is 2. The van der Waals surface area contributed by atoms with Crippen molar-refractivity contribution >= 4 is 18.0 Å². The summed E-state index contributed by atoms with van der Waals surface area (Å²) in [5.41, 5.74) is 10.8. The molecule has 0 fully saturated rings. The molecule has 3 aromatic rings. The lowest BCUT2D eigenvalue weighted by Crippen LogP contribution is -2.49. The molecule has 2 amide bonds. The van der Waals surface area contributed by atoms with E-state index < -0.39 is 24.0 Å². The van der Waals surface area contributed by atoms with Gasteiger partial charge in [-0.1, -0.05) is 54.6 Å². The normalized spacial score (nSPS) is 12.7. The lowest BCUT2D eigenvalue weighted by Gasteiger charge is -2.29. The van der Waals surface area contributed by atoms with E-state index in [2.05, 4.69) is 0 Å². The minimum absolute atomic E-state index is 0.0597. The number of nitrogens with zero attached hydrogens (tertiary/aromatic N) is 1. The number of carboxylic acids is 1. The highest BCUT2D eigenvalue weighted by Crippen LogP contribution is 2.44. The second kappa shape index (κ2) is 12.3. The average molecular weight is 533 g/mol. The number of fused-ring (bicyclic) bond motifs is 3. The van der Waals surface area contributed by atoms with Gasteiger partial charge in [-0.25, -0.2) is 4.79 Å². The summed E-state index contributed by atoms with van der Waals surface area (Å²) < 4.78 is 16.4. The summed E-state index contributed by atoms with van der Waals surface area (Å²) in [6.07, 6.45) is -0.828. The number of hydrogen-bond donors (Lipinski definition) is 2. The van der Waals surface area contributed by atoms with Crippen LogP contribution in [0.3, 0.4) is 0 Å². The summed E-state index contributed by atoms with van der Waals surface area (Å²) in [4.78, 5) is 38.3. The maximum Gasteiger partial charge on any atom is 0.410 e. The summed E-state index contributed by atoms with van der Waals surface area (Å²) in [6, 6.07) is 20.2. The third-order valence-corrected chi connectivity index (χ3v) is 7.00. The number of carbonyl (C=O) groups is 3. The van der Waals surface area contributed by atoms with E-state index in [4.69, 9.17) is 19.9 Å². The molecule has 0 spiro atoms. The van der Waals surface area contributed by atoms with Gasteiger partial charge in [0.15, 0.2) is 11.5 Å². The molecule has 0 aromatic heterocycles. The van der Waals surface area contributed by atoms with Gasteiger partial charge in [0.1, 0.15) is 12.6 Å². The van der Waals surface area contributed by atoms with Crippen LogP contribution < -0.4 is 15.2 Å². The Morgan fingerprint density at radius 3 is 2.10 bits per heavy atom. The minimum atomic E-state index is -1.14. The Hall–Kier alpha value is -4.53. The zero-order chi connectivity index (χ0) is 27.9. The smallest absolute Gasteiger partial charge is 0.410 e. The Balaban J connectivity index is 1.55. The van der Waals surface area contributed by atoms with E-state index in [1.54, 1.807) is 12.1 Å². The van der Waals surface area contributed by atoms with Gasteiger partial charge in [0, 0.05) is 18.9 Å². The molecule has 0 unspecified atom stereocenters. The van der Waals surface area contributed by atoms with Crippen molar-refractivity contribution in [3.63, 3.8) is 0 Å². The maximum absolute atomic E-state index is 13.5. The van der Waals surface area contributed by atoms with Gasteiger partial charge in [-0.05, 0) is 52.8 Å². The molecule has 9 nitrogen and oxygen atoms in total. The fourth-order valence-electron chi connectivity index (χ4n) is 5.05. The van der Waals surface area contributed by atoms with Crippen molar-refractivity contribution in [2.45, 2.75) is 31.2 Å². The van der Waals surface area contributed by atoms with Gasteiger partial charge in [-0.15, -0.1) is 0 Å². The largest absolute Gasteiger partial charge is 0.493 e. The topological polar surface area (TPSA) is 128 Å². The van der Waals surface area contributed by atoms with Crippen LogP contribution >= 0.6 is 0 Å². The molecule has 0 aliphatic heterocycles. The SMILES string of the molecule is COc1ccc(CCN(C(=O)OCC2c3ccccc3-c3ccccc32)[C@@H](CCC(=O)O)C(N)=O)cc1OC. The first-order valence-electron chi connectivity index (χ1n) is 12.7. The Kier molecular flexibility index (Phi) is 8.70. The molecular weight excluding hydrogens is 500 g/mol. The molecular formula is C30H32N2O7. The molecule has 1 atom stereocenters. The van der Waals surface area contributed by atoms with Gasteiger partial charge in [-0.2, -0.15) is 0 Å². The number of aliphatic carboxylic acids is 1. The van der Waals surface area contributed by atoms with Crippen molar-refractivity contribution in [3.05, 3.63) is 83.4 Å². The van der Waals surface area contributed by atoms with E-state index in [1.165, 1.54) is 19.1 Å². The van der Waals surface area contributed by atoms with Gasteiger partial charge in [0.25, 0.3) is 0 Å². The highest BCUT2D eigenvalue weighted by Gasteiger charge is 2.33. The molecule has 3 N–H and O–H groups in total. The number of primary amides is 1. The molecule has 39 heavy (non-hydrogen) atoms. The highest BCUT2D eigenvalue weighted by atomic mass is 16.6. The van der Waals surface area contributed by atoms with Crippen LogP contribution in [0.15, 0.2) is 66.7 Å². The first kappa shape index (κ1) is 27.5. The van der Waals surface area contributed by atoms with E-state index in [0.717, 1.165) is 27.8 Å². The average Bonchev–Trinajstić information content (AvgIpc) is 3.26. The number of ether oxygens (including phenoxy) is 3. The molecule has 0 saturated carbocycles. The van der Waals surface area contributed by atoms with Crippen LogP contribution in [0.4, 0.5) is 4.79 Å². The fraction of sp³-hybridized carbons (Fsp3) is 0.300. The number of carbonyl (C=O) groups excluding carboxylic acids is 2. The Bertz CT molecular complexity index is 1310. The van der Waals surface area contributed by atoms with Crippen LogP contribution in [-0.2, 0) is 20.7 Å². The lowest BCUT2D eigenvalue weighted by molar-refractivity contribution is -0.137. The molecule has 0 radical (unpaired) electrons. The standard InChI is InChI=1S/C30H32N2O7/c1-37-26-13-11-19(17-27(26)38-2)15-16-32(25(29(31)35)12-14-28(33)34)30(36)39-18-24-22-9-5-3-7-20(22)21-8-4-6-10-23(21)24/h3-11,13,17,24-25H,12,14-16,18H2,1-2H3,(H2,31,35)(H,33,34)/t25-/m0/s1. The molecule has 9 heteroatoms. The van der Waals surface area contributed by atoms with Crippen LogP contribution in [0, 0.1) is 0 Å². The van der Waals surface area contributed by atoms with Crippen molar-refractivity contribution in [1.29, 1.82) is 0 Å². The molecule has 1 aliphatic carbocycles. The van der Waals surface area contributed by atoms with Crippen molar-refractivity contribution in [2.24, 2.45) is 5.73 Å². The summed E-state index contributed by atoms with van der Waals surface area (Å²) in [7, 11) is 3.07. The lowest BCUT2D eigenvalue weighted by atomic mass is 9.98. The zero-order valence-electron chi connectivity index (χ0n) is 22.0. The minimum Gasteiger partial charge on any atom is -0.493 e. The Labute approximate surface area is 227 Å². The van der Waals surface area contributed by atoms with Gasteiger partial charge in [0.2, 0.25) is 5.91 Å². The number of benzene rings is 3. The van der Waals surface area contributed by atoms with Crippen LogP contribution in [0.1, 0.15) is 35.4 Å². The molecule has 1 aliphatic rings. The molecule has 0 heterocycles. The third kappa shape index (κ3) is 6.14. The van der Waals surface area contributed by atoms with Gasteiger partial charge >= 0.3 is 12.1 Å². The van der Waals surface area contributed by atoms with E-state index in [-0.39, 0.29) is 31.9 Å². The summed E-state index contributed by atoms with van der Waals surface area (Å²) >= 11 is 0. The molecule has 0 bridgehead atoms. The van der Waals surface area contributed by atoms with Crippen LogP contribution in [0.2, 0.25) is 0 Å². The van der Waals surface area contributed by atoms with Crippen molar-refractivity contribution in [3.8, 4) is 22.6 Å². The first-order valence-corrected chi connectivity index (χ1v) is 12.7. The summed E-state index contributed by atoms with van der Waals surface area (Å²) in [6.45, 7) is 0.142. The van der Waals surface area contributed by atoms with Crippen LogP contribution in [-0.4, -0.2) is 61.4 Å². The van der Waals surface area contributed by atoms with E-state index in [1.807, 2.05) is 54.6 Å². The fourth-order valence-corrected chi connectivity index (χ4v) is 5.05. The Morgan fingerprint density at radius 1 is 0.923 bits per heavy atom. The van der Waals surface area contributed by atoms with Gasteiger partial charge < -0.3 is 25.1 Å². The maximum atomic E-state index is 13.5. The van der Waals surface area contributed by atoms with E-state index in [0.29, 0.717) is 17.9 Å². The van der Waals surface area contributed by atoms with E-state index >= 15 is 0 Å². The second-order valence-corrected chi connectivity index (χ2v) is 9.29.